The molecule has 1 atom stereocenters. The second kappa shape index (κ2) is 8.29. The van der Waals surface area contributed by atoms with Crippen molar-refractivity contribution in [3.8, 4) is 0 Å². The number of nitrogens with one attached hydrogen (secondary N) is 1. The molecule has 5 heteroatoms. The molecule has 1 unspecified atom stereocenters. The molecule has 5 nitrogen and oxygen atoms in total. The molecule has 0 saturated carbocycles. The van der Waals surface area contributed by atoms with Gasteiger partial charge in [0.25, 0.3) is 0 Å². The van der Waals surface area contributed by atoms with E-state index < -0.39 is 6.10 Å². The zero-order valence-electron chi connectivity index (χ0n) is 13.1. The van der Waals surface area contributed by atoms with Crippen LogP contribution in [0.1, 0.15) is 47.6 Å². The number of carbonyl (C=O) groups is 2. The van der Waals surface area contributed by atoms with Gasteiger partial charge in [0, 0.05) is 18.4 Å². The summed E-state index contributed by atoms with van der Waals surface area (Å²) in [4.78, 5) is 23.8. The minimum atomic E-state index is -0.883. The number of amides is 1. The molecule has 2 N–H and O–H groups in total. The molecule has 1 amide bonds. The smallest absolute Gasteiger partial charge is 0.220 e. The first kappa shape index (κ1) is 17.0. The van der Waals surface area contributed by atoms with Crippen molar-refractivity contribution in [2.45, 2.75) is 32.3 Å². The highest BCUT2D eigenvalue weighted by Crippen LogP contribution is 2.12. The average Bonchev–Trinajstić information content (AvgIpc) is 3.12. The molecular weight excluding hydrogens is 294 g/mol. The molecule has 0 fully saturated rings. The fraction of sp³-hybridized carbons (Fsp3) is 0.333. The Hall–Kier alpha value is -2.40. The third-order valence-electron chi connectivity index (χ3n) is 3.63. The van der Waals surface area contributed by atoms with E-state index in [1.807, 2.05) is 12.1 Å². The van der Waals surface area contributed by atoms with Gasteiger partial charge in [0.1, 0.15) is 11.9 Å². The molecule has 2 aromatic rings. The summed E-state index contributed by atoms with van der Waals surface area (Å²) in [6.45, 7) is 2.12. The average molecular weight is 315 g/mol. The lowest BCUT2D eigenvalue weighted by Gasteiger charge is -2.09. The second-order valence-electron chi connectivity index (χ2n) is 5.31. The lowest BCUT2D eigenvalue weighted by Crippen LogP contribution is -2.28. The Labute approximate surface area is 135 Å². The zero-order valence-corrected chi connectivity index (χ0v) is 13.1. The summed E-state index contributed by atoms with van der Waals surface area (Å²) in [6, 6.07) is 10.7. The van der Waals surface area contributed by atoms with E-state index in [1.165, 1.54) is 11.8 Å². The van der Waals surface area contributed by atoms with Crippen molar-refractivity contribution in [1.82, 2.24) is 5.32 Å². The summed E-state index contributed by atoms with van der Waals surface area (Å²) in [5, 5.41) is 12.4. The predicted molar refractivity (Wildman–Crippen MR) is 86.1 cm³/mol. The molecule has 23 heavy (non-hydrogen) atoms. The van der Waals surface area contributed by atoms with Gasteiger partial charge in [-0.05, 0) is 24.1 Å². The van der Waals surface area contributed by atoms with Gasteiger partial charge in [-0.2, -0.15) is 0 Å². The Morgan fingerprint density at radius 2 is 1.91 bits per heavy atom. The van der Waals surface area contributed by atoms with Crippen molar-refractivity contribution < 1.29 is 19.1 Å². The highest BCUT2D eigenvalue weighted by Gasteiger charge is 2.13. The van der Waals surface area contributed by atoms with E-state index in [1.54, 1.807) is 24.3 Å². The third-order valence-corrected chi connectivity index (χ3v) is 3.63. The first-order chi connectivity index (χ1) is 11.1. The lowest BCUT2D eigenvalue weighted by molar-refractivity contribution is -0.121. The van der Waals surface area contributed by atoms with E-state index in [4.69, 9.17) is 4.42 Å². The Balaban J connectivity index is 1.74. The molecule has 0 spiro atoms. The van der Waals surface area contributed by atoms with Gasteiger partial charge in [-0.1, -0.05) is 31.2 Å². The van der Waals surface area contributed by atoms with Crippen LogP contribution in [-0.4, -0.2) is 23.3 Å². The molecule has 122 valence electrons. The van der Waals surface area contributed by atoms with Crippen molar-refractivity contribution in [3.63, 3.8) is 0 Å². The number of carbonyl (C=O) groups excluding carboxylic acids is 2. The van der Waals surface area contributed by atoms with Gasteiger partial charge in [0.2, 0.25) is 5.91 Å². The first-order valence-electron chi connectivity index (χ1n) is 7.70. The summed E-state index contributed by atoms with van der Waals surface area (Å²) in [6.07, 6.45) is 1.75. The lowest BCUT2D eigenvalue weighted by atomic mass is 10.0. The number of aryl methyl sites for hydroxylation is 1. The topological polar surface area (TPSA) is 79.5 Å². The van der Waals surface area contributed by atoms with Gasteiger partial charge in [-0.3, -0.25) is 9.59 Å². The van der Waals surface area contributed by atoms with Crippen molar-refractivity contribution in [2.24, 2.45) is 0 Å². The van der Waals surface area contributed by atoms with Gasteiger partial charge in [-0.25, -0.2) is 0 Å². The van der Waals surface area contributed by atoms with Gasteiger partial charge < -0.3 is 14.8 Å². The maximum Gasteiger partial charge on any atom is 0.220 e. The molecule has 1 aromatic heterocycles. The van der Waals surface area contributed by atoms with Crippen LogP contribution >= 0.6 is 0 Å². The van der Waals surface area contributed by atoms with Gasteiger partial charge in [0.15, 0.2) is 5.78 Å². The van der Waals surface area contributed by atoms with E-state index in [0.29, 0.717) is 11.3 Å². The molecule has 1 aromatic carbocycles. The maximum absolute atomic E-state index is 12.0. The number of Topliss-reactive ketones (excluding diaryl/α,β-unsaturated/α-hetero) is 1. The summed E-state index contributed by atoms with van der Waals surface area (Å²) in [5.41, 5.74) is 1.79. The van der Waals surface area contributed by atoms with Crippen molar-refractivity contribution >= 4 is 11.7 Å². The predicted octanol–water partition coefficient (Wildman–Crippen LogP) is 2.65. The number of aliphatic hydroxyl groups is 1. The molecular formula is C18H21NO4. The van der Waals surface area contributed by atoms with E-state index in [-0.39, 0.29) is 31.1 Å². The fourth-order valence-corrected chi connectivity index (χ4v) is 2.18. The summed E-state index contributed by atoms with van der Waals surface area (Å²) >= 11 is 0. The highest BCUT2D eigenvalue weighted by molar-refractivity contribution is 5.97. The maximum atomic E-state index is 12.0. The summed E-state index contributed by atoms with van der Waals surface area (Å²) in [5.74, 6) is 0.0703. The van der Waals surface area contributed by atoms with Gasteiger partial charge >= 0.3 is 0 Å². The van der Waals surface area contributed by atoms with Gasteiger partial charge in [0.05, 0.1) is 12.8 Å². The van der Waals surface area contributed by atoms with Crippen LogP contribution < -0.4 is 5.32 Å². The third kappa shape index (κ3) is 5.07. The molecule has 0 aliphatic rings. The molecule has 0 aliphatic heterocycles. The second-order valence-corrected chi connectivity index (χ2v) is 5.31. The van der Waals surface area contributed by atoms with Crippen LogP contribution in [0.25, 0.3) is 0 Å². The normalized spacial score (nSPS) is 11.9. The SMILES string of the molecule is CCc1ccc(C(=O)CCC(=O)NCC(O)c2ccco2)cc1. The molecule has 0 bridgehead atoms. The number of furan rings is 1. The van der Waals surface area contributed by atoms with Crippen molar-refractivity contribution in [2.75, 3.05) is 6.54 Å². The van der Waals surface area contributed by atoms with Crippen LogP contribution in [0.3, 0.4) is 0 Å². The Morgan fingerprint density at radius 3 is 2.52 bits per heavy atom. The van der Waals surface area contributed by atoms with Crippen LogP contribution in [0.2, 0.25) is 0 Å². The minimum Gasteiger partial charge on any atom is -0.467 e. The van der Waals surface area contributed by atoms with Crippen LogP contribution in [0.5, 0.6) is 0 Å². The zero-order chi connectivity index (χ0) is 16.7. The molecule has 0 saturated heterocycles. The van der Waals surface area contributed by atoms with E-state index in [0.717, 1.165) is 6.42 Å². The first-order valence-corrected chi connectivity index (χ1v) is 7.70. The quantitative estimate of drug-likeness (QED) is 0.734. The van der Waals surface area contributed by atoms with Gasteiger partial charge in [-0.15, -0.1) is 0 Å². The van der Waals surface area contributed by atoms with Crippen LogP contribution in [0.4, 0.5) is 0 Å². The Morgan fingerprint density at radius 1 is 1.17 bits per heavy atom. The number of hydrogen-bond donors (Lipinski definition) is 2. The fourth-order valence-electron chi connectivity index (χ4n) is 2.18. The van der Waals surface area contributed by atoms with E-state index in [2.05, 4.69) is 12.2 Å². The number of hydrogen-bond acceptors (Lipinski definition) is 4. The number of aliphatic hydroxyl groups excluding tert-OH is 1. The monoisotopic (exact) mass is 315 g/mol. The highest BCUT2D eigenvalue weighted by atomic mass is 16.4. The van der Waals surface area contributed by atoms with E-state index in [9.17, 15) is 14.7 Å². The number of ketones is 1. The molecule has 0 aliphatic carbocycles. The molecule has 1 heterocycles. The minimum absolute atomic E-state index is 0.0608. The van der Waals surface area contributed by atoms with E-state index >= 15 is 0 Å². The molecule has 2 rings (SSSR count). The standard InChI is InChI=1S/C18H21NO4/c1-2-13-5-7-14(8-6-13)15(20)9-10-18(22)19-12-16(21)17-4-3-11-23-17/h3-8,11,16,21H,2,9-10,12H2,1H3,(H,19,22). The largest absolute Gasteiger partial charge is 0.467 e. The number of benzene rings is 1. The van der Waals surface area contributed by atoms with Crippen LogP contribution in [-0.2, 0) is 11.2 Å². The summed E-state index contributed by atoms with van der Waals surface area (Å²) < 4.78 is 5.05. The Kier molecular flexibility index (Phi) is 6.11. The van der Waals surface area contributed by atoms with Crippen molar-refractivity contribution in [1.29, 1.82) is 0 Å². The van der Waals surface area contributed by atoms with Crippen LogP contribution in [0, 0.1) is 0 Å². The summed E-state index contributed by atoms with van der Waals surface area (Å²) in [7, 11) is 0. The van der Waals surface area contributed by atoms with Crippen LogP contribution in [0.15, 0.2) is 47.1 Å². The Bertz CT molecular complexity index is 632. The molecule has 0 radical (unpaired) electrons. The number of rotatable bonds is 8. The van der Waals surface area contributed by atoms with Crippen molar-refractivity contribution in [3.05, 3.63) is 59.5 Å².